The van der Waals surface area contributed by atoms with Gasteiger partial charge in [0, 0.05) is 39.5 Å². The Morgan fingerprint density at radius 3 is 1.91 bits per heavy atom. The normalized spacial score (nSPS) is 15.1. The Morgan fingerprint density at radius 1 is 0.553 bits per heavy atom. The summed E-state index contributed by atoms with van der Waals surface area (Å²) < 4.78 is 8.31. The largest absolute Gasteiger partial charge is 0.445 e. The minimum Gasteiger partial charge on any atom is -0.445 e. The second-order valence-electron chi connectivity index (χ2n) is 12.1. The van der Waals surface area contributed by atoms with Gasteiger partial charge in [0.1, 0.15) is 5.75 Å². The Labute approximate surface area is 279 Å². The van der Waals surface area contributed by atoms with Crippen LogP contribution in [0, 0.1) is 0 Å². The van der Waals surface area contributed by atoms with Crippen LogP contribution in [0.3, 0.4) is 0 Å². The van der Waals surface area contributed by atoms with Crippen molar-refractivity contribution in [1.29, 1.82) is 0 Å². The van der Waals surface area contributed by atoms with Crippen LogP contribution in [0.4, 0.5) is 0 Å². The number of hydrogen-bond acceptors (Lipinski definition) is 3. The maximum atomic E-state index is 7.07. The van der Waals surface area contributed by atoms with Gasteiger partial charge in [-0.25, -0.2) is 0 Å². The van der Waals surface area contributed by atoms with Crippen molar-refractivity contribution in [3.05, 3.63) is 181 Å². The zero-order chi connectivity index (χ0) is 31.3. The molecule has 224 valence electrons. The van der Waals surface area contributed by atoms with Crippen LogP contribution in [0.25, 0.3) is 54.7 Å². The summed E-state index contributed by atoms with van der Waals surface area (Å²) in [6.07, 6.45) is 4.77. The average Bonchev–Trinajstić information content (AvgIpc) is 3.44. The van der Waals surface area contributed by atoms with E-state index < -0.39 is 0 Å². The maximum absolute atomic E-state index is 7.07. The lowest BCUT2D eigenvalue weighted by Gasteiger charge is -2.35. The number of fused-ring (bicyclic) bond motifs is 7. The van der Waals surface area contributed by atoms with Crippen molar-refractivity contribution in [2.45, 2.75) is 6.04 Å². The van der Waals surface area contributed by atoms with Crippen LogP contribution in [-0.2, 0) is 0 Å². The smallest absolute Gasteiger partial charge is 0.190 e. The number of thiophene rings is 1. The topological polar surface area (TPSA) is 12.5 Å². The van der Waals surface area contributed by atoms with Crippen molar-refractivity contribution in [2.75, 3.05) is 7.05 Å². The number of rotatable bonds is 4. The molecule has 7 aromatic rings. The average molecular weight is 622 g/mol. The van der Waals surface area contributed by atoms with Crippen molar-refractivity contribution >= 4 is 32.7 Å². The van der Waals surface area contributed by atoms with Gasteiger partial charge in [0.15, 0.2) is 5.06 Å². The van der Waals surface area contributed by atoms with Crippen LogP contribution >= 0.6 is 11.3 Å². The zero-order valence-corrected chi connectivity index (χ0v) is 26.7. The summed E-state index contributed by atoms with van der Waals surface area (Å²) in [5.41, 5.74) is 13.0. The minimum absolute atomic E-state index is 0.0942. The molecule has 2 nitrogen and oxygen atoms in total. The molecule has 0 aliphatic carbocycles. The Bertz CT molecular complexity index is 2330. The first-order valence-corrected chi connectivity index (χ1v) is 16.8. The lowest BCUT2D eigenvalue weighted by Crippen LogP contribution is -2.24. The molecule has 0 bridgehead atoms. The first kappa shape index (κ1) is 27.7. The first-order valence-electron chi connectivity index (χ1n) is 16.0. The molecule has 47 heavy (non-hydrogen) atoms. The van der Waals surface area contributed by atoms with Gasteiger partial charge in [0.25, 0.3) is 0 Å². The molecule has 0 radical (unpaired) electrons. The number of hydrogen-bond donors (Lipinski definition) is 0. The lowest BCUT2D eigenvalue weighted by atomic mass is 9.90. The molecule has 0 amide bonds. The van der Waals surface area contributed by atoms with Crippen molar-refractivity contribution < 1.29 is 4.74 Å². The van der Waals surface area contributed by atoms with Gasteiger partial charge in [-0.1, -0.05) is 163 Å². The van der Waals surface area contributed by atoms with E-state index in [1.807, 2.05) is 0 Å². The summed E-state index contributed by atoms with van der Waals surface area (Å²) in [7, 11) is 2.20. The van der Waals surface area contributed by atoms with Gasteiger partial charge < -0.3 is 9.64 Å². The first-order chi connectivity index (χ1) is 23.2. The predicted octanol–water partition coefficient (Wildman–Crippen LogP) is 12.1. The third kappa shape index (κ3) is 4.62. The number of allylic oxidation sites excluding steroid dienone is 2. The molecule has 1 aromatic heterocycles. The SMILES string of the molecule is CN1C(c2ccccc2)=CC(c2cccc3c4c(sc23)Oc2c(-c3ccccc3)cccc2-c2ccccc2-4)=CC1c1ccccc1. The molecule has 0 saturated heterocycles. The molecule has 2 aliphatic rings. The van der Waals surface area contributed by atoms with Gasteiger partial charge >= 0.3 is 0 Å². The molecule has 2 aliphatic heterocycles. The number of benzene rings is 6. The van der Waals surface area contributed by atoms with Gasteiger partial charge in [-0.05, 0) is 51.1 Å². The summed E-state index contributed by atoms with van der Waals surface area (Å²) in [6.45, 7) is 0. The van der Waals surface area contributed by atoms with Crippen LogP contribution in [0.15, 0.2) is 164 Å². The highest BCUT2D eigenvalue weighted by molar-refractivity contribution is 7.21. The monoisotopic (exact) mass is 621 g/mol. The fourth-order valence-corrected chi connectivity index (χ4v) is 8.36. The van der Waals surface area contributed by atoms with E-state index in [4.69, 9.17) is 4.74 Å². The van der Waals surface area contributed by atoms with Crippen molar-refractivity contribution in [2.24, 2.45) is 0 Å². The second kappa shape index (κ2) is 11.3. The third-order valence-electron chi connectivity index (χ3n) is 9.41. The molecular weight excluding hydrogens is 591 g/mol. The van der Waals surface area contributed by atoms with Gasteiger partial charge in [-0.2, -0.15) is 0 Å². The summed E-state index contributed by atoms with van der Waals surface area (Å²) in [5, 5.41) is 2.15. The van der Waals surface area contributed by atoms with E-state index >= 15 is 0 Å². The number of likely N-dealkylation sites (N-methyl/N-ethyl adjacent to an activating group) is 1. The summed E-state index contributed by atoms with van der Waals surface area (Å²) in [5.74, 6) is 0.909. The minimum atomic E-state index is 0.0942. The van der Waals surface area contributed by atoms with Gasteiger partial charge in [0.05, 0.1) is 6.04 Å². The number of para-hydroxylation sites is 1. The van der Waals surface area contributed by atoms with Crippen molar-refractivity contribution in [1.82, 2.24) is 4.90 Å². The highest BCUT2D eigenvalue weighted by Gasteiger charge is 2.29. The molecule has 0 spiro atoms. The molecule has 0 N–H and O–H groups in total. The fraction of sp³-hybridized carbons (Fsp3) is 0.0455. The maximum Gasteiger partial charge on any atom is 0.190 e. The van der Waals surface area contributed by atoms with E-state index in [9.17, 15) is 0 Å². The predicted molar refractivity (Wildman–Crippen MR) is 198 cm³/mol. The van der Waals surface area contributed by atoms with Crippen molar-refractivity contribution in [3.8, 4) is 44.2 Å². The Morgan fingerprint density at radius 2 is 1.15 bits per heavy atom. The molecule has 3 heteroatoms. The highest BCUT2D eigenvalue weighted by Crippen LogP contribution is 2.56. The van der Waals surface area contributed by atoms with Crippen LogP contribution in [0.2, 0.25) is 0 Å². The zero-order valence-electron chi connectivity index (χ0n) is 25.9. The van der Waals surface area contributed by atoms with Gasteiger partial charge in [-0.15, -0.1) is 0 Å². The fourth-order valence-electron chi connectivity index (χ4n) is 7.15. The molecule has 1 unspecified atom stereocenters. The van der Waals surface area contributed by atoms with E-state index in [-0.39, 0.29) is 6.04 Å². The van der Waals surface area contributed by atoms with Crippen LogP contribution in [0.1, 0.15) is 22.7 Å². The van der Waals surface area contributed by atoms with Crippen LogP contribution in [-0.4, -0.2) is 11.9 Å². The van der Waals surface area contributed by atoms with E-state index in [0.717, 1.165) is 33.1 Å². The highest BCUT2D eigenvalue weighted by atomic mass is 32.1. The van der Waals surface area contributed by atoms with E-state index in [2.05, 4.69) is 176 Å². The van der Waals surface area contributed by atoms with Crippen molar-refractivity contribution in [3.63, 3.8) is 0 Å². The summed E-state index contributed by atoms with van der Waals surface area (Å²) >= 11 is 1.75. The summed E-state index contributed by atoms with van der Waals surface area (Å²) in [4.78, 5) is 2.39. The third-order valence-corrected chi connectivity index (χ3v) is 10.5. The lowest BCUT2D eigenvalue weighted by molar-refractivity contribution is 0.413. The van der Waals surface area contributed by atoms with E-state index in [1.165, 1.54) is 49.2 Å². The van der Waals surface area contributed by atoms with Crippen LogP contribution in [0.5, 0.6) is 10.8 Å². The molecule has 9 rings (SSSR count). The molecule has 0 saturated carbocycles. The Hall–Kier alpha value is -5.64. The molecule has 6 aromatic carbocycles. The van der Waals surface area contributed by atoms with Gasteiger partial charge in [0.2, 0.25) is 0 Å². The molecule has 3 heterocycles. The molecular formula is C44H31NOS. The second-order valence-corrected chi connectivity index (χ2v) is 13.1. The standard InChI is InChI=1S/C44H31NOS/c1-45-39(30-17-7-3-8-18-30)27-32(28-40(45)31-19-9-4-10-20-31)34-24-14-26-38-41-36-22-12-11-21-35(36)37-25-13-23-33(29-15-5-2-6-16-29)42(37)46-44(41)47-43(34)38/h2-28,39H,1H3. The molecule has 1 atom stereocenters. The molecule has 0 fully saturated rings. The van der Waals surface area contributed by atoms with Crippen LogP contribution < -0.4 is 4.74 Å². The van der Waals surface area contributed by atoms with Gasteiger partial charge in [-0.3, -0.25) is 0 Å². The van der Waals surface area contributed by atoms with E-state index in [1.54, 1.807) is 11.3 Å². The number of nitrogens with zero attached hydrogens (tertiary/aromatic N) is 1. The quantitative estimate of drug-likeness (QED) is 0.194. The Kier molecular flexibility index (Phi) is 6.65. The number of ether oxygens (including phenoxy) is 1. The summed E-state index contributed by atoms with van der Waals surface area (Å²) in [6, 6.07) is 54.1. The Balaban J connectivity index is 1.27. The van der Waals surface area contributed by atoms with E-state index in [0.29, 0.717) is 0 Å².